The maximum absolute atomic E-state index is 12.0. The number of nitrogens with zero attached hydrogens (tertiary/aromatic N) is 1. The highest BCUT2D eigenvalue weighted by Crippen LogP contribution is 2.43. The minimum atomic E-state index is -0.965. The van der Waals surface area contributed by atoms with Crippen LogP contribution in [0.2, 0.25) is 0 Å². The van der Waals surface area contributed by atoms with E-state index in [0.717, 1.165) is 6.42 Å². The van der Waals surface area contributed by atoms with E-state index in [0.29, 0.717) is 6.54 Å². The molecule has 1 fully saturated rings. The highest BCUT2D eigenvalue weighted by Gasteiger charge is 2.38. The minimum Gasteiger partial charge on any atom is -0.409 e. The molecular weight excluding hydrogens is 218 g/mol. The van der Waals surface area contributed by atoms with Crippen LogP contribution >= 0.6 is 0 Å². The first-order chi connectivity index (χ1) is 7.88. The molecule has 98 valence electrons. The number of carbonyl (C=O) groups excluding carboxylic acids is 1. The molecular formula is C12H23N3O2. The lowest BCUT2D eigenvalue weighted by Gasteiger charge is -2.42. The zero-order valence-corrected chi connectivity index (χ0v) is 10.9. The van der Waals surface area contributed by atoms with E-state index in [1.807, 2.05) is 0 Å². The maximum atomic E-state index is 12.0. The molecule has 0 atom stereocenters. The Bertz CT molecular complexity index is 314. The van der Waals surface area contributed by atoms with Gasteiger partial charge in [0.1, 0.15) is 5.41 Å². The van der Waals surface area contributed by atoms with E-state index in [4.69, 9.17) is 10.9 Å². The molecule has 5 nitrogen and oxygen atoms in total. The van der Waals surface area contributed by atoms with Crippen molar-refractivity contribution in [2.45, 2.75) is 46.5 Å². The van der Waals surface area contributed by atoms with Crippen molar-refractivity contribution in [3.05, 3.63) is 0 Å². The first kappa shape index (κ1) is 13.8. The largest absolute Gasteiger partial charge is 0.409 e. The summed E-state index contributed by atoms with van der Waals surface area (Å²) in [6, 6.07) is 0. The van der Waals surface area contributed by atoms with E-state index < -0.39 is 5.41 Å². The normalized spacial score (nSPS) is 19.6. The quantitative estimate of drug-likeness (QED) is 0.295. The Morgan fingerprint density at radius 2 is 2.12 bits per heavy atom. The van der Waals surface area contributed by atoms with Gasteiger partial charge in [-0.3, -0.25) is 4.79 Å². The first-order valence-electron chi connectivity index (χ1n) is 6.14. The molecule has 0 saturated heterocycles. The van der Waals surface area contributed by atoms with E-state index in [1.54, 1.807) is 13.8 Å². The highest BCUT2D eigenvalue weighted by atomic mass is 16.4. The average Bonchev–Trinajstić information content (AvgIpc) is 2.26. The third kappa shape index (κ3) is 2.70. The van der Waals surface area contributed by atoms with Crippen LogP contribution in [0.3, 0.4) is 0 Å². The summed E-state index contributed by atoms with van der Waals surface area (Å²) in [5.74, 6) is -0.248. The standard InChI is InChI=1S/C12H23N3O2/c1-4-12(6-5-7-12)8-14-10(16)11(2,3)9(13)15-17/h17H,4-8H2,1-3H3,(H2,13,15)(H,14,16). The van der Waals surface area contributed by atoms with E-state index in [1.165, 1.54) is 19.3 Å². The summed E-state index contributed by atoms with van der Waals surface area (Å²) >= 11 is 0. The van der Waals surface area contributed by atoms with Crippen molar-refractivity contribution >= 4 is 11.7 Å². The molecule has 0 aromatic heterocycles. The fourth-order valence-corrected chi connectivity index (χ4v) is 2.06. The molecule has 0 bridgehead atoms. The molecule has 0 aliphatic heterocycles. The third-order valence-corrected chi connectivity index (χ3v) is 4.10. The monoisotopic (exact) mass is 241 g/mol. The average molecular weight is 241 g/mol. The van der Waals surface area contributed by atoms with Gasteiger partial charge in [0.05, 0.1) is 0 Å². The van der Waals surface area contributed by atoms with Crippen molar-refractivity contribution in [2.24, 2.45) is 21.7 Å². The summed E-state index contributed by atoms with van der Waals surface area (Å²) < 4.78 is 0. The molecule has 1 aliphatic rings. The Morgan fingerprint density at radius 3 is 2.47 bits per heavy atom. The second kappa shape index (κ2) is 4.94. The van der Waals surface area contributed by atoms with Gasteiger partial charge in [0.25, 0.3) is 0 Å². The van der Waals surface area contributed by atoms with Gasteiger partial charge in [-0.05, 0) is 38.5 Å². The third-order valence-electron chi connectivity index (χ3n) is 4.10. The summed E-state index contributed by atoms with van der Waals surface area (Å²) in [5, 5.41) is 14.5. The molecule has 1 amide bonds. The summed E-state index contributed by atoms with van der Waals surface area (Å²) in [4.78, 5) is 12.0. The van der Waals surface area contributed by atoms with Gasteiger partial charge in [0, 0.05) is 6.54 Å². The summed E-state index contributed by atoms with van der Waals surface area (Å²) in [7, 11) is 0. The van der Waals surface area contributed by atoms with Gasteiger partial charge in [-0.1, -0.05) is 18.5 Å². The SMILES string of the molecule is CCC1(CNC(=O)C(C)(C)C(N)=NO)CCC1. The molecule has 4 N–H and O–H groups in total. The van der Waals surface area contributed by atoms with Crippen LogP contribution in [0.15, 0.2) is 5.16 Å². The Morgan fingerprint density at radius 1 is 1.53 bits per heavy atom. The molecule has 5 heteroatoms. The smallest absolute Gasteiger partial charge is 0.233 e. The second-order valence-electron chi connectivity index (χ2n) is 5.50. The van der Waals surface area contributed by atoms with E-state index in [9.17, 15) is 4.79 Å². The van der Waals surface area contributed by atoms with Crippen LogP contribution < -0.4 is 11.1 Å². The van der Waals surface area contributed by atoms with Gasteiger partial charge >= 0.3 is 0 Å². The number of nitrogens with two attached hydrogens (primary N) is 1. The molecule has 0 unspecified atom stereocenters. The fourth-order valence-electron chi connectivity index (χ4n) is 2.06. The predicted octanol–water partition coefficient (Wildman–Crippen LogP) is 1.46. The van der Waals surface area contributed by atoms with Gasteiger partial charge in [0.15, 0.2) is 5.84 Å². The number of carbonyl (C=O) groups is 1. The number of rotatable bonds is 5. The van der Waals surface area contributed by atoms with Gasteiger partial charge in [-0.2, -0.15) is 0 Å². The molecule has 0 heterocycles. The van der Waals surface area contributed by atoms with Crippen molar-refractivity contribution < 1.29 is 10.0 Å². The van der Waals surface area contributed by atoms with Crippen LogP contribution in [0, 0.1) is 10.8 Å². The number of oxime groups is 1. The van der Waals surface area contributed by atoms with Crippen molar-refractivity contribution in [3.8, 4) is 0 Å². The fraction of sp³-hybridized carbons (Fsp3) is 0.833. The highest BCUT2D eigenvalue weighted by molar-refractivity contribution is 6.05. The van der Waals surface area contributed by atoms with Crippen LogP contribution in [0.1, 0.15) is 46.5 Å². The Hall–Kier alpha value is -1.26. The number of nitrogens with one attached hydrogen (secondary N) is 1. The number of amides is 1. The molecule has 0 spiro atoms. The van der Waals surface area contributed by atoms with Gasteiger partial charge < -0.3 is 16.3 Å². The first-order valence-corrected chi connectivity index (χ1v) is 6.14. The van der Waals surface area contributed by atoms with Gasteiger partial charge in [-0.15, -0.1) is 0 Å². The Labute approximate surface area is 102 Å². The zero-order valence-electron chi connectivity index (χ0n) is 10.9. The van der Waals surface area contributed by atoms with Gasteiger partial charge in [0.2, 0.25) is 5.91 Å². The molecule has 1 rings (SSSR count). The minimum absolute atomic E-state index is 0.0610. The molecule has 0 radical (unpaired) electrons. The number of amidine groups is 1. The van der Waals surface area contributed by atoms with E-state index >= 15 is 0 Å². The summed E-state index contributed by atoms with van der Waals surface area (Å²) in [5.41, 5.74) is 4.82. The number of hydrogen-bond acceptors (Lipinski definition) is 3. The maximum Gasteiger partial charge on any atom is 0.233 e. The summed E-state index contributed by atoms with van der Waals surface area (Å²) in [6.07, 6.45) is 4.67. The molecule has 17 heavy (non-hydrogen) atoms. The van der Waals surface area contributed by atoms with E-state index in [-0.39, 0.29) is 17.2 Å². The molecule has 1 saturated carbocycles. The topological polar surface area (TPSA) is 87.7 Å². The van der Waals surface area contributed by atoms with Crippen LogP contribution in [-0.2, 0) is 4.79 Å². The van der Waals surface area contributed by atoms with Crippen molar-refractivity contribution in [1.82, 2.24) is 5.32 Å². The predicted molar refractivity (Wildman–Crippen MR) is 66.8 cm³/mol. The molecule has 0 aromatic rings. The lowest BCUT2D eigenvalue weighted by Crippen LogP contribution is -2.50. The van der Waals surface area contributed by atoms with Crippen molar-refractivity contribution in [1.29, 1.82) is 0 Å². The second-order valence-corrected chi connectivity index (χ2v) is 5.50. The van der Waals surface area contributed by atoms with Crippen LogP contribution in [0.5, 0.6) is 0 Å². The number of hydrogen-bond donors (Lipinski definition) is 3. The Kier molecular flexibility index (Phi) is 4.01. The van der Waals surface area contributed by atoms with Crippen molar-refractivity contribution in [3.63, 3.8) is 0 Å². The molecule has 1 aliphatic carbocycles. The molecule has 0 aromatic carbocycles. The van der Waals surface area contributed by atoms with E-state index in [2.05, 4.69) is 17.4 Å². The lowest BCUT2D eigenvalue weighted by molar-refractivity contribution is -0.127. The Balaban J connectivity index is 2.55. The van der Waals surface area contributed by atoms with Crippen LogP contribution in [0.25, 0.3) is 0 Å². The summed E-state index contributed by atoms with van der Waals surface area (Å²) in [6.45, 7) is 6.14. The van der Waals surface area contributed by atoms with Gasteiger partial charge in [-0.25, -0.2) is 0 Å². The van der Waals surface area contributed by atoms with Crippen LogP contribution in [-0.4, -0.2) is 23.5 Å². The lowest BCUT2D eigenvalue weighted by atomic mass is 9.67. The van der Waals surface area contributed by atoms with Crippen molar-refractivity contribution in [2.75, 3.05) is 6.54 Å². The van der Waals surface area contributed by atoms with Crippen LogP contribution in [0.4, 0.5) is 0 Å². The zero-order chi connectivity index (χ0) is 13.1.